The molecule has 0 amide bonds. The predicted molar refractivity (Wildman–Crippen MR) is 108 cm³/mol. The summed E-state index contributed by atoms with van der Waals surface area (Å²) in [6, 6.07) is 13.0. The van der Waals surface area contributed by atoms with Crippen LogP contribution >= 0.6 is 0 Å². The number of ether oxygens (including phenoxy) is 1. The van der Waals surface area contributed by atoms with Crippen LogP contribution in [-0.2, 0) is 0 Å². The number of aromatic carboxylic acids is 1. The number of benzene rings is 1. The Labute approximate surface area is 164 Å². The Morgan fingerprint density at radius 3 is 2.43 bits per heavy atom. The van der Waals surface area contributed by atoms with Gasteiger partial charge in [-0.05, 0) is 37.1 Å². The summed E-state index contributed by atoms with van der Waals surface area (Å²) < 4.78 is 5.70. The number of unbranched alkanes of at least 4 members (excludes halogenated alkanes) is 1. The molecule has 0 unspecified atom stereocenters. The van der Waals surface area contributed by atoms with E-state index in [2.05, 4.69) is 26.8 Å². The van der Waals surface area contributed by atoms with Crippen LogP contribution in [0.4, 0.5) is 5.82 Å². The molecule has 146 valence electrons. The molecule has 0 fully saturated rings. The highest BCUT2D eigenvalue weighted by molar-refractivity contribution is 5.90. The highest BCUT2D eigenvalue weighted by Crippen LogP contribution is 2.19. The molecule has 28 heavy (non-hydrogen) atoms. The molecule has 0 aliphatic carbocycles. The maximum Gasteiger partial charge on any atom is 0.360 e. The van der Waals surface area contributed by atoms with E-state index in [1.165, 1.54) is 0 Å². The monoisotopic (exact) mass is 380 g/mol. The molecular formula is C21H24N4O3. The number of fused-ring (bicyclic) bond motifs is 1. The largest absolute Gasteiger partial charge is 0.476 e. The maximum atomic E-state index is 11.5. The van der Waals surface area contributed by atoms with E-state index in [-0.39, 0.29) is 11.6 Å². The molecule has 7 nitrogen and oxygen atoms in total. The lowest BCUT2D eigenvalue weighted by molar-refractivity contribution is 0.0684. The molecule has 2 aromatic heterocycles. The number of pyridine rings is 1. The molecule has 3 aromatic rings. The fraction of sp³-hybridized carbons (Fsp3) is 0.333. The van der Waals surface area contributed by atoms with Gasteiger partial charge in [0.2, 0.25) is 11.6 Å². The van der Waals surface area contributed by atoms with Gasteiger partial charge in [-0.25, -0.2) is 19.7 Å². The van der Waals surface area contributed by atoms with Gasteiger partial charge in [-0.3, -0.25) is 0 Å². The summed E-state index contributed by atoms with van der Waals surface area (Å²) in [6.45, 7) is 4.19. The number of anilines is 1. The Morgan fingerprint density at radius 2 is 1.75 bits per heavy atom. The number of hydrogen-bond donors (Lipinski definition) is 1. The zero-order valence-electron chi connectivity index (χ0n) is 15.9. The van der Waals surface area contributed by atoms with Gasteiger partial charge < -0.3 is 14.7 Å². The standard InChI is InChI=1S/C21H24N4O3/c1-2-3-13-25(18-11-6-7-12-22-18)14-8-15-28-20-19(21(26)27)23-16-9-4-5-10-17(16)24-20/h4-7,9-12H,2-3,8,13-15H2,1H3,(H,26,27). The molecule has 0 bridgehead atoms. The molecular weight excluding hydrogens is 356 g/mol. The molecule has 0 atom stereocenters. The number of rotatable bonds is 10. The summed E-state index contributed by atoms with van der Waals surface area (Å²) >= 11 is 0. The average Bonchev–Trinajstić information content (AvgIpc) is 2.73. The van der Waals surface area contributed by atoms with Crippen molar-refractivity contribution < 1.29 is 14.6 Å². The van der Waals surface area contributed by atoms with Crippen molar-refractivity contribution in [2.75, 3.05) is 24.6 Å². The lowest BCUT2D eigenvalue weighted by Gasteiger charge is -2.23. The molecule has 1 aromatic carbocycles. The topological polar surface area (TPSA) is 88.4 Å². The van der Waals surface area contributed by atoms with Crippen LogP contribution in [0.5, 0.6) is 5.88 Å². The predicted octanol–water partition coefficient (Wildman–Crippen LogP) is 3.80. The fourth-order valence-corrected chi connectivity index (χ4v) is 2.88. The van der Waals surface area contributed by atoms with Crippen molar-refractivity contribution in [3.63, 3.8) is 0 Å². The minimum absolute atomic E-state index is 0.0594. The van der Waals surface area contributed by atoms with Crippen molar-refractivity contribution in [3.8, 4) is 5.88 Å². The summed E-state index contributed by atoms with van der Waals surface area (Å²) in [6.07, 6.45) is 4.69. The zero-order chi connectivity index (χ0) is 19.8. The van der Waals surface area contributed by atoms with E-state index in [1.54, 1.807) is 24.4 Å². The number of para-hydroxylation sites is 2. The van der Waals surface area contributed by atoms with Crippen LogP contribution in [0.25, 0.3) is 11.0 Å². The van der Waals surface area contributed by atoms with Crippen molar-refractivity contribution in [3.05, 3.63) is 54.4 Å². The Morgan fingerprint density at radius 1 is 1.04 bits per heavy atom. The van der Waals surface area contributed by atoms with Crippen molar-refractivity contribution >= 4 is 22.8 Å². The van der Waals surface area contributed by atoms with Gasteiger partial charge in [-0.15, -0.1) is 0 Å². The van der Waals surface area contributed by atoms with E-state index in [1.807, 2.05) is 24.3 Å². The number of carboxylic acid groups (broad SMARTS) is 1. The molecule has 7 heteroatoms. The van der Waals surface area contributed by atoms with Gasteiger partial charge >= 0.3 is 5.97 Å². The first kappa shape index (κ1) is 19.5. The van der Waals surface area contributed by atoms with Crippen LogP contribution in [0.3, 0.4) is 0 Å². The third-order valence-electron chi connectivity index (χ3n) is 4.31. The lowest BCUT2D eigenvalue weighted by atomic mass is 10.3. The minimum atomic E-state index is -1.15. The number of nitrogens with zero attached hydrogens (tertiary/aromatic N) is 4. The Hall–Kier alpha value is -3.22. The van der Waals surface area contributed by atoms with Crippen molar-refractivity contribution in [2.24, 2.45) is 0 Å². The second-order valence-electron chi connectivity index (χ2n) is 6.40. The van der Waals surface area contributed by atoms with Crippen LogP contribution in [0.1, 0.15) is 36.7 Å². The molecule has 0 saturated carbocycles. The molecule has 1 N–H and O–H groups in total. The maximum absolute atomic E-state index is 11.5. The molecule has 0 spiro atoms. The highest BCUT2D eigenvalue weighted by Gasteiger charge is 2.17. The van der Waals surface area contributed by atoms with Gasteiger partial charge in [0.15, 0.2) is 0 Å². The van der Waals surface area contributed by atoms with E-state index in [9.17, 15) is 9.90 Å². The van der Waals surface area contributed by atoms with Crippen molar-refractivity contribution in [1.29, 1.82) is 0 Å². The summed E-state index contributed by atoms with van der Waals surface area (Å²) in [5, 5.41) is 9.42. The van der Waals surface area contributed by atoms with Crippen molar-refractivity contribution in [2.45, 2.75) is 26.2 Å². The quantitative estimate of drug-likeness (QED) is 0.535. The van der Waals surface area contributed by atoms with E-state index >= 15 is 0 Å². The molecule has 2 heterocycles. The van der Waals surface area contributed by atoms with E-state index in [0.29, 0.717) is 24.1 Å². The second kappa shape index (κ2) is 9.64. The molecule has 0 aliphatic rings. The molecule has 0 aliphatic heterocycles. The van der Waals surface area contributed by atoms with Crippen LogP contribution < -0.4 is 9.64 Å². The molecule has 0 saturated heterocycles. The lowest BCUT2D eigenvalue weighted by Crippen LogP contribution is -2.27. The molecule has 3 rings (SSSR count). The first-order valence-electron chi connectivity index (χ1n) is 9.48. The van der Waals surface area contributed by atoms with E-state index < -0.39 is 5.97 Å². The number of aromatic nitrogens is 3. The normalized spacial score (nSPS) is 10.8. The third-order valence-corrected chi connectivity index (χ3v) is 4.31. The zero-order valence-corrected chi connectivity index (χ0v) is 15.9. The van der Waals surface area contributed by atoms with Gasteiger partial charge in [-0.2, -0.15) is 0 Å². The first-order valence-corrected chi connectivity index (χ1v) is 9.48. The van der Waals surface area contributed by atoms with Crippen LogP contribution in [0, 0.1) is 0 Å². The third kappa shape index (κ3) is 4.94. The van der Waals surface area contributed by atoms with Gasteiger partial charge in [0.1, 0.15) is 5.82 Å². The fourth-order valence-electron chi connectivity index (χ4n) is 2.88. The van der Waals surface area contributed by atoms with Crippen LogP contribution in [0.15, 0.2) is 48.7 Å². The second-order valence-corrected chi connectivity index (χ2v) is 6.40. The summed E-state index contributed by atoms with van der Waals surface area (Å²) in [4.78, 5) is 26.7. The summed E-state index contributed by atoms with van der Waals surface area (Å²) in [5.41, 5.74) is 0.986. The first-order chi connectivity index (χ1) is 13.7. The Bertz CT molecular complexity index is 918. The molecule has 0 radical (unpaired) electrons. The number of carboxylic acids is 1. The van der Waals surface area contributed by atoms with E-state index in [0.717, 1.165) is 31.7 Å². The van der Waals surface area contributed by atoms with Crippen LogP contribution in [0.2, 0.25) is 0 Å². The van der Waals surface area contributed by atoms with E-state index in [4.69, 9.17) is 4.74 Å². The van der Waals surface area contributed by atoms with Gasteiger partial charge in [-0.1, -0.05) is 31.5 Å². The smallest absolute Gasteiger partial charge is 0.360 e. The SMILES string of the molecule is CCCCN(CCCOc1nc2ccccc2nc1C(=O)O)c1ccccn1. The Kier molecular flexibility index (Phi) is 6.73. The highest BCUT2D eigenvalue weighted by atomic mass is 16.5. The van der Waals surface area contributed by atoms with Gasteiger partial charge in [0.05, 0.1) is 17.6 Å². The minimum Gasteiger partial charge on any atom is -0.476 e. The van der Waals surface area contributed by atoms with Gasteiger partial charge in [0, 0.05) is 19.3 Å². The number of hydrogen-bond acceptors (Lipinski definition) is 6. The van der Waals surface area contributed by atoms with Crippen molar-refractivity contribution in [1.82, 2.24) is 15.0 Å². The summed E-state index contributed by atoms with van der Waals surface area (Å²) in [5.74, 6) is -0.150. The van der Waals surface area contributed by atoms with Crippen LogP contribution in [-0.4, -0.2) is 45.7 Å². The number of carbonyl (C=O) groups is 1. The van der Waals surface area contributed by atoms with Gasteiger partial charge in [0.25, 0.3) is 0 Å². The summed E-state index contributed by atoms with van der Waals surface area (Å²) in [7, 11) is 0. The average molecular weight is 380 g/mol. The Balaban J connectivity index is 1.65.